The van der Waals surface area contributed by atoms with E-state index in [0.717, 1.165) is 12.8 Å². The molecule has 1 rings (SSSR count). The summed E-state index contributed by atoms with van der Waals surface area (Å²) in [7, 11) is 1.65. The molecule has 0 spiro atoms. The molecule has 1 saturated carbocycles. The lowest BCUT2D eigenvalue weighted by Crippen LogP contribution is -2.48. The summed E-state index contributed by atoms with van der Waals surface area (Å²) in [5.74, 6) is 0.200. The van der Waals surface area contributed by atoms with Crippen LogP contribution in [-0.4, -0.2) is 32.2 Å². The zero-order valence-corrected chi connectivity index (χ0v) is 9.50. The molecule has 0 aromatic heterocycles. The maximum Gasteiger partial charge on any atom is 0.234 e. The molecule has 0 saturated heterocycles. The second-order valence-electron chi connectivity index (χ2n) is 4.23. The molecule has 0 bridgehead atoms. The van der Waals surface area contributed by atoms with Crippen LogP contribution < -0.4 is 11.1 Å². The van der Waals surface area contributed by atoms with Crippen molar-refractivity contribution in [3.8, 4) is 0 Å². The van der Waals surface area contributed by atoms with Gasteiger partial charge >= 0.3 is 0 Å². The topological polar surface area (TPSA) is 64.3 Å². The lowest BCUT2D eigenvalue weighted by atomic mass is 9.83. The first-order valence-electron chi connectivity index (χ1n) is 5.77. The highest BCUT2D eigenvalue weighted by atomic mass is 16.5. The van der Waals surface area contributed by atoms with E-state index in [1.165, 1.54) is 19.3 Å². The Bertz CT molecular complexity index is 191. The van der Waals surface area contributed by atoms with Crippen LogP contribution in [0, 0.1) is 5.92 Å². The quantitative estimate of drug-likeness (QED) is 0.638. The van der Waals surface area contributed by atoms with E-state index < -0.39 is 0 Å². The SMILES string of the molecule is COCCNC(C(N)=O)C1CCCCC1. The minimum absolute atomic E-state index is 0.166. The third-order valence-electron chi connectivity index (χ3n) is 3.10. The Morgan fingerprint density at radius 2 is 2.13 bits per heavy atom. The summed E-state index contributed by atoms with van der Waals surface area (Å²) in [5.41, 5.74) is 5.41. The third-order valence-corrected chi connectivity index (χ3v) is 3.10. The highest BCUT2D eigenvalue weighted by Gasteiger charge is 2.26. The monoisotopic (exact) mass is 214 g/mol. The van der Waals surface area contributed by atoms with Crippen molar-refractivity contribution in [3.63, 3.8) is 0 Å². The second-order valence-corrected chi connectivity index (χ2v) is 4.23. The van der Waals surface area contributed by atoms with Crippen LogP contribution in [0.1, 0.15) is 32.1 Å². The molecule has 1 fully saturated rings. The number of nitrogens with two attached hydrogens (primary N) is 1. The van der Waals surface area contributed by atoms with E-state index in [9.17, 15) is 4.79 Å². The van der Waals surface area contributed by atoms with E-state index in [-0.39, 0.29) is 11.9 Å². The molecule has 1 atom stereocenters. The van der Waals surface area contributed by atoms with Gasteiger partial charge in [0.1, 0.15) is 0 Å². The number of hydrogen-bond donors (Lipinski definition) is 2. The first kappa shape index (κ1) is 12.5. The summed E-state index contributed by atoms with van der Waals surface area (Å²) in [6, 6.07) is -0.166. The number of hydrogen-bond acceptors (Lipinski definition) is 3. The van der Waals surface area contributed by atoms with Gasteiger partial charge in [-0.05, 0) is 18.8 Å². The maximum atomic E-state index is 11.3. The van der Waals surface area contributed by atoms with Crippen molar-refractivity contribution >= 4 is 5.91 Å². The van der Waals surface area contributed by atoms with Crippen molar-refractivity contribution in [2.24, 2.45) is 11.7 Å². The highest BCUT2D eigenvalue weighted by molar-refractivity contribution is 5.80. The van der Waals surface area contributed by atoms with Crippen LogP contribution in [0.15, 0.2) is 0 Å². The van der Waals surface area contributed by atoms with Crippen molar-refractivity contribution in [3.05, 3.63) is 0 Å². The predicted octanol–water partition coefficient (Wildman–Crippen LogP) is 0.657. The Kier molecular flexibility index (Phi) is 5.65. The molecule has 1 amide bonds. The van der Waals surface area contributed by atoms with E-state index >= 15 is 0 Å². The zero-order valence-electron chi connectivity index (χ0n) is 9.50. The average Bonchev–Trinajstić information content (AvgIpc) is 2.25. The molecular weight excluding hydrogens is 192 g/mol. The van der Waals surface area contributed by atoms with Crippen molar-refractivity contribution in [1.82, 2.24) is 5.32 Å². The summed E-state index contributed by atoms with van der Waals surface area (Å²) < 4.78 is 4.94. The standard InChI is InChI=1S/C11H22N2O2/c1-15-8-7-13-10(11(12)14)9-5-3-2-4-6-9/h9-10,13H,2-8H2,1H3,(H2,12,14). The van der Waals surface area contributed by atoms with Crippen LogP contribution in [0.25, 0.3) is 0 Å². The van der Waals surface area contributed by atoms with Crippen molar-refractivity contribution in [1.29, 1.82) is 0 Å². The fraction of sp³-hybridized carbons (Fsp3) is 0.909. The van der Waals surface area contributed by atoms with Crippen molar-refractivity contribution in [2.75, 3.05) is 20.3 Å². The Balaban J connectivity index is 2.37. The first-order valence-corrected chi connectivity index (χ1v) is 5.77. The molecule has 88 valence electrons. The van der Waals surface area contributed by atoms with Gasteiger partial charge in [-0.2, -0.15) is 0 Å². The molecule has 1 aliphatic rings. The summed E-state index contributed by atoms with van der Waals surface area (Å²) in [5, 5.41) is 3.19. The van der Waals surface area contributed by atoms with Gasteiger partial charge in [0.2, 0.25) is 5.91 Å². The van der Waals surface area contributed by atoms with Crippen LogP contribution in [0.2, 0.25) is 0 Å². The van der Waals surface area contributed by atoms with E-state index in [0.29, 0.717) is 19.1 Å². The van der Waals surface area contributed by atoms with E-state index in [1.807, 2.05) is 0 Å². The van der Waals surface area contributed by atoms with Gasteiger partial charge in [-0.25, -0.2) is 0 Å². The molecule has 15 heavy (non-hydrogen) atoms. The number of primary amides is 1. The van der Waals surface area contributed by atoms with Gasteiger partial charge in [-0.15, -0.1) is 0 Å². The van der Waals surface area contributed by atoms with Gasteiger partial charge in [-0.3, -0.25) is 4.79 Å². The largest absolute Gasteiger partial charge is 0.383 e. The van der Waals surface area contributed by atoms with E-state index in [2.05, 4.69) is 5.32 Å². The molecule has 1 aliphatic carbocycles. The van der Waals surface area contributed by atoms with Crippen LogP contribution >= 0.6 is 0 Å². The lowest BCUT2D eigenvalue weighted by molar-refractivity contribution is -0.121. The Labute approximate surface area is 91.5 Å². The second kappa shape index (κ2) is 6.80. The number of carbonyl (C=O) groups excluding carboxylic acids is 1. The van der Waals surface area contributed by atoms with E-state index in [4.69, 9.17) is 10.5 Å². The van der Waals surface area contributed by atoms with Crippen LogP contribution in [0.5, 0.6) is 0 Å². The smallest absolute Gasteiger partial charge is 0.234 e. The molecule has 0 radical (unpaired) electrons. The minimum atomic E-state index is -0.224. The molecular formula is C11H22N2O2. The fourth-order valence-corrected chi connectivity index (χ4v) is 2.28. The molecule has 0 aliphatic heterocycles. The average molecular weight is 214 g/mol. The Morgan fingerprint density at radius 1 is 1.47 bits per heavy atom. The highest BCUT2D eigenvalue weighted by Crippen LogP contribution is 2.26. The van der Waals surface area contributed by atoms with Crippen LogP contribution in [-0.2, 0) is 9.53 Å². The van der Waals surface area contributed by atoms with Gasteiger partial charge in [0.05, 0.1) is 12.6 Å². The van der Waals surface area contributed by atoms with Crippen LogP contribution in [0.4, 0.5) is 0 Å². The summed E-state index contributed by atoms with van der Waals surface area (Å²) in [6.45, 7) is 1.32. The Hall–Kier alpha value is -0.610. The number of amides is 1. The third kappa shape index (κ3) is 4.18. The Morgan fingerprint density at radius 3 is 2.67 bits per heavy atom. The summed E-state index contributed by atoms with van der Waals surface area (Å²) in [6.07, 6.45) is 5.97. The normalized spacial score (nSPS) is 20.1. The molecule has 3 N–H and O–H groups in total. The van der Waals surface area contributed by atoms with E-state index in [1.54, 1.807) is 7.11 Å². The van der Waals surface area contributed by atoms with Gasteiger partial charge in [0, 0.05) is 13.7 Å². The zero-order chi connectivity index (χ0) is 11.1. The van der Waals surface area contributed by atoms with Gasteiger partial charge in [-0.1, -0.05) is 19.3 Å². The summed E-state index contributed by atoms with van der Waals surface area (Å²) in [4.78, 5) is 11.3. The van der Waals surface area contributed by atoms with Gasteiger partial charge < -0.3 is 15.8 Å². The van der Waals surface area contributed by atoms with Crippen molar-refractivity contribution < 1.29 is 9.53 Å². The predicted molar refractivity (Wildman–Crippen MR) is 59.4 cm³/mol. The molecule has 1 unspecified atom stereocenters. The number of carbonyl (C=O) groups is 1. The molecule has 4 heteroatoms. The number of methoxy groups -OCH3 is 1. The number of nitrogens with one attached hydrogen (secondary N) is 1. The fourth-order valence-electron chi connectivity index (χ4n) is 2.28. The first-order chi connectivity index (χ1) is 7.25. The molecule has 0 aromatic rings. The lowest BCUT2D eigenvalue weighted by Gasteiger charge is -2.28. The molecule has 4 nitrogen and oxygen atoms in total. The van der Waals surface area contributed by atoms with Gasteiger partial charge in [0.25, 0.3) is 0 Å². The number of rotatable bonds is 6. The number of ether oxygens (including phenoxy) is 1. The van der Waals surface area contributed by atoms with Crippen molar-refractivity contribution in [2.45, 2.75) is 38.1 Å². The van der Waals surface area contributed by atoms with Gasteiger partial charge in [0.15, 0.2) is 0 Å². The maximum absolute atomic E-state index is 11.3. The molecule has 0 heterocycles. The minimum Gasteiger partial charge on any atom is -0.383 e. The van der Waals surface area contributed by atoms with Crippen LogP contribution in [0.3, 0.4) is 0 Å². The molecule has 0 aromatic carbocycles. The summed E-state index contributed by atoms with van der Waals surface area (Å²) >= 11 is 0.